The molecule has 0 heterocycles. The first-order valence-corrected chi connectivity index (χ1v) is 5.99. The van der Waals surface area contributed by atoms with Crippen LogP contribution in [-0.2, 0) is 6.54 Å². The molecule has 2 N–H and O–H groups in total. The summed E-state index contributed by atoms with van der Waals surface area (Å²) in [6.45, 7) is 5.12. The van der Waals surface area contributed by atoms with Crippen molar-refractivity contribution in [1.82, 2.24) is 5.32 Å². The molecule has 1 atom stereocenters. The number of nitrogens with one attached hydrogen (secondary N) is 1. The largest absolute Gasteiger partial charge is 0.395 e. The molecule has 0 saturated heterocycles. The van der Waals surface area contributed by atoms with Crippen LogP contribution in [-0.4, -0.2) is 17.8 Å². The van der Waals surface area contributed by atoms with Gasteiger partial charge >= 0.3 is 0 Å². The Morgan fingerprint density at radius 3 is 2.76 bits per heavy atom. The van der Waals surface area contributed by atoms with E-state index in [4.69, 9.17) is 5.26 Å². The van der Waals surface area contributed by atoms with Crippen LogP contribution >= 0.6 is 0 Å². The van der Waals surface area contributed by atoms with Crippen molar-refractivity contribution in [3.63, 3.8) is 0 Å². The van der Waals surface area contributed by atoms with Crippen molar-refractivity contribution in [3.05, 3.63) is 35.4 Å². The van der Waals surface area contributed by atoms with E-state index in [9.17, 15) is 5.11 Å². The standard InChI is InChI=1S/C14H20N2O/c1-11(2)6-14(10-17)16-9-13-5-3-4-12(7-13)8-15/h3-5,7,11,14,16-17H,6,9-10H2,1-2H3. The minimum absolute atomic E-state index is 0.126. The fourth-order valence-electron chi connectivity index (χ4n) is 1.80. The van der Waals surface area contributed by atoms with E-state index in [-0.39, 0.29) is 12.6 Å². The highest BCUT2D eigenvalue weighted by Crippen LogP contribution is 2.07. The van der Waals surface area contributed by atoms with E-state index >= 15 is 0 Å². The lowest BCUT2D eigenvalue weighted by Crippen LogP contribution is -2.33. The summed E-state index contributed by atoms with van der Waals surface area (Å²) in [5, 5.41) is 21.3. The third kappa shape index (κ3) is 4.99. The van der Waals surface area contributed by atoms with Crippen LogP contribution in [0.1, 0.15) is 31.4 Å². The third-order valence-electron chi connectivity index (χ3n) is 2.63. The van der Waals surface area contributed by atoms with Gasteiger partial charge in [-0.25, -0.2) is 0 Å². The van der Waals surface area contributed by atoms with E-state index in [1.54, 1.807) is 6.07 Å². The molecule has 3 nitrogen and oxygen atoms in total. The molecule has 0 bridgehead atoms. The van der Waals surface area contributed by atoms with Gasteiger partial charge in [0.15, 0.2) is 0 Å². The molecule has 0 spiro atoms. The molecule has 0 aliphatic carbocycles. The van der Waals surface area contributed by atoms with Gasteiger partial charge in [-0.2, -0.15) is 5.26 Å². The van der Waals surface area contributed by atoms with Gasteiger partial charge in [0.1, 0.15) is 0 Å². The molecule has 3 heteroatoms. The van der Waals surface area contributed by atoms with Crippen LogP contribution in [0.3, 0.4) is 0 Å². The Kier molecular flexibility index (Phi) is 5.68. The van der Waals surface area contributed by atoms with Crippen molar-refractivity contribution < 1.29 is 5.11 Å². The smallest absolute Gasteiger partial charge is 0.0991 e. The van der Waals surface area contributed by atoms with Gasteiger partial charge in [-0.05, 0) is 30.0 Å². The summed E-state index contributed by atoms with van der Waals surface area (Å²) in [6.07, 6.45) is 0.953. The van der Waals surface area contributed by atoms with Crippen LogP contribution in [0, 0.1) is 17.2 Å². The number of hydrogen-bond donors (Lipinski definition) is 2. The molecule has 1 aromatic carbocycles. The number of aliphatic hydroxyl groups is 1. The Labute approximate surface area is 103 Å². The zero-order chi connectivity index (χ0) is 12.7. The Balaban J connectivity index is 2.51. The Hall–Kier alpha value is -1.37. The highest BCUT2D eigenvalue weighted by atomic mass is 16.3. The zero-order valence-electron chi connectivity index (χ0n) is 10.5. The zero-order valence-corrected chi connectivity index (χ0v) is 10.5. The maximum atomic E-state index is 9.24. The van der Waals surface area contributed by atoms with Crippen LogP contribution < -0.4 is 5.32 Å². The molecule has 1 unspecified atom stereocenters. The molecule has 17 heavy (non-hydrogen) atoms. The molecule has 0 fully saturated rings. The first-order chi connectivity index (χ1) is 8.15. The highest BCUT2D eigenvalue weighted by Gasteiger charge is 2.08. The van der Waals surface area contributed by atoms with Crippen molar-refractivity contribution in [2.75, 3.05) is 6.61 Å². The maximum absolute atomic E-state index is 9.24. The summed E-state index contributed by atoms with van der Waals surface area (Å²) in [5.74, 6) is 0.560. The molecule has 0 aromatic heterocycles. The molecule has 0 aliphatic rings. The van der Waals surface area contributed by atoms with Crippen LogP contribution in [0.25, 0.3) is 0 Å². The van der Waals surface area contributed by atoms with Gasteiger partial charge in [0, 0.05) is 12.6 Å². The second-order valence-electron chi connectivity index (χ2n) is 4.70. The van der Waals surface area contributed by atoms with Gasteiger partial charge in [-0.1, -0.05) is 26.0 Å². The van der Waals surface area contributed by atoms with Gasteiger partial charge in [0.05, 0.1) is 18.2 Å². The molecule has 0 saturated carbocycles. The summed E-state index contributed by atoms with van der Waals surface area (Å²) < 4.78 is 0. The fourth-order valence-corrected chi connectivity index (χ4v) is 1.80. The Morgan fingerprint density at radius 1 is 1.41 bits per heavy atom. The molecule has 0 aliphatic heterocycles. The van der Waals surface area contributed by atoms with Gasteiger partial charge in [-0.15, -0.1) is 0 Å². The van der Waals surface area contributed by atoms with Crippen molar-refractivity contribution >= 4 is 0 Å². The highest BCUT2D eigenvalue weighted by molar-refractivity contribution is 5.32. The van der Waals surface area contributed by atoms with Gasteiger partial charge in [-0.3, -0.25) is 0 Å². The number of benzene rings is 1. The predicted octanol–water partition coefficient (Wildman–Crippen LogP) is 2.05. The number of nitriles is 1. The predicted molar refractivity (Wildman–Crippen MR) is 68.3 cm³/mol. The second kappa shape index (κ2) is 7.05. The average molecular weight is 232 g/mol. The van der Waals surface area contributed by atoms with Crippen molar-refractivity contribution in [2.24, 2.45) is 5.92 Å². The van der Waals surface area contributed by atoms with Gasteiger partial charge < -0.3 is 10.4 Å². The van der Waals surface area contributed by atoms with Crippen molar-refractivity contribution in [2.45, 2.75) is 32.9 Å². The molecular weight excluding hydrogens is 212 g/mol. The summed E-state index contributed by atoms with van der Waals surface area (Å²) in [6, 6.07) is 9.78. The topological polar surface area (TPSA) is 56.0 Å². The fraction of sp³-hybridized carbons (Fsp3) is 0.500. The SMILES string of the molecule is CC(C)CC(CO)NCc1cccc(C#N)c1. The summed E-state index contributed by atoms with van der Waals surface area (Å²) in [5.41, 5.74) is 1.75. The molecule has 92 valence electrons. The van der Waals surface area contributed by atoms with E-state index < -0.39 is 0 Å². The minimum atomic E-state index is 0.126. The van der Waals surface area contributed by atoms with Crippen LogP contribution in [0.4, 0.5) is 0 Å². The summed E-state index contributed by atoms with van der Waals surface area (Å²) in [7, 11) is 0. The molecule has 1 rings (SSSR count). The van der Waals surface area contributed by atoms with E-state index in [0.717, 1.165) is 12.0 Å². The van der Waals surface area contributed by atoms with Gasteiger partial charge in [0.2, 0.25) is 0 Å². The summed E-state index contributed by atoms with van der Waals surface area (Å²) in [4.78, 5) is 0. The summed E-state index contributed by atoms with van der Waals surface area (Å²) >= 11 is 0. The molecule has 0 radical (unpaired) electrons. The minimum Gasteiger partial charge on any atom is -0.395 e. The normalized spacial score (nSPS) is 12.4. The second-order valence-corrected chi connectivity index (χ2v) is 4.70. The number of rotatable bonds is 6. The Bertz CT molecular complexity index is 382. The lowest BCUT2D eigenvalue weighted by atomic mass is 10.0. The first kappa shape index (κ1) is 13.7. The van der Waals surface area contributed by atoms with Crippen LogP contribution in [0.5, 0.6) is 0 Å². The lowest BCUT2D eigenvalue weighted by molar-refractivity contribution is 0.223. The van der Waals surface area contributed by atoms with Crippen molar-refractivity contribution in [1.29, 1.82) is 5.26 Å². The van der Waals surface area contributed by atoms with Crippen molar-refractivity contribution in [3.8, 4) is 6.07 Å². The third-order valence-corrected chi connectivity index (χ3v) is 2.63. The van der Waals surface area contributed by atoms with Crippen LogP contribution in [0.15, 0.2) is 24.3 Å². The maximum Gasteiger partial charge on any atom is 0.0991 e. The monoisotopic (exact) mass is 232 g/mol. The van der Waals surface area contributed by atoms with E-state index in [2.05, 4.69) is 25.2 Å². The number of hydrogen-bond acceptors (Lipinski definition) is 3. The van der Waals surface area contributed by atoms with Gasteiger partial charge in [0.25, 0.3) is 0 Å². The van der Waals surface area contributed by atoms with E-state index in [0.29, 0.717) is 18.0 Å². The van der Waals surface area contributed by atoms with Crippen LogP contribution in [0.2, 0.25) is 0 Å². The number of aliphatic hydroxyl groups excluding tert-OH is 1. The number of nitrogens with zero attached hydrogens (tertiary/aromatic N) is 1. The molecular formula is C14H20N2O. The lowest BCUT2D eigenvalue weighted by Gasteiger charge is -2.18. The molecule has 1 aromatic rings. The van der Waals surface area contributed by atoms with E-state index in [1.165, 1.54) is 0 Å². The average Bonchev–Trinajstić information content (AvgIpc) is 2.34. The first-order valence-electron chi connectivity index (χ1n) is 5.99. The quantitative estimate of drug-likeness (QED) is 0.789. The van der Waals surface area contributed by atoms with E-state index in [1.807, 2.05) is 18.2 Å². The molecule has 0 amide bonds. The Morgan fingerprint density at radius 2 is 2.18 bits per heavy atom.